The van der Waals surface area contributed by atoms with Gasteiger partial charge in [-0.3, -0.25) is 0 Å². The minimum absolute atomic E-state index is 0.869. The number of fused-ring (bicyclic) bond motifs is 4. The van der Waals surface area contributed by atoms with Crippen molar-refractivity contribution in [3.63, 3.8) is 0 Å². The van der Waals surface area contributed by atoms with Gasteiger partial charge in [-0.25, -0.2) is 0 Å². The molecule has 1 aliphatic heterocycles. The average molecular weight is 249 g/mol. The Kier molecular flexibility index (Phi) is 4.62. The van der Waals surface area contributed by atoms with Gasteiger partial charge in [-0.05, 0) is 37.5 Å². The molecule has 3 fully saturated rings. The highest BCUT2D eigenvalue weighted by Gasteiger charge is 2.36. The van der Waals surface area contributed by atoms with E-state index in [9.17, 15) is 0 Å². The zero-order valence-electron chi connectivity index (χ0n) is 12.0. The van der Waals surface area contributed by atoms with Gasteiger partial charge in [-0.2, -0.15) is 0 Å². The zero-order chi connectivity index (χ0) is 12.2. The molecule has 0 amide bonds. The molecular weight excluding hydrogens is 218 g/mol. The normalized spacial score (nSPS) is 42.7. The fourth-order valence-corrected chi connectivity index (χ4v) is 4.88. The molecule has 1 heterocycles. The van der Waals surface area contributed by atoms with Gasteiger partial charge < -0.3 is 5.32 Å². The summed E-state index contributed by atoms with van der Waals surface area (Å²) in [5.74, 6) is 2.09. The number of hydrogen-bond donors (Lipinski definition) is 1. The van der Waals surface area contributed by atoms with Crippen LogP contribution in [-0.4, -0.2) is 12.1 Å². The molecule has 0 spiro atoms. The topological polar surface area (TPSA) is 12.0 Å². The van der Waals surface area contributed by atoms with Crippen molar-refractivity contribution in [3.05, 3.63) is 0 Å². The van der Waals surface area contributed by atoms with Crippen LogP contribution in [0.2, 0.25) is 0 Å². The fourth-order valence-electron chi connectivity index (χ4n) is 4.88. The maximum Gasteiger partial charge on any atom is 0.0101 e. The first kappa shape index (κ1) is 13.0. The molecule has 0 aromatic heterocycles. The van der Waals surface area contributed by atoms with Crippen molar-refractivity contribution in [1.82, 2.24) is 5.32 Å². The molecule has 0 aromatic rings. The minimum atomic E-state index is 0.869. The van der Waals surface area contributed by atoms with E-state index in [1.54, 1.807) is 6.42 Å². The standard InChI is InChI=1S/C17H31N/c1-2-6-10-15-13-14(9-5-1)16-11-7-3-4-8-12-17(16)18-15/h14-18H,1-13H2. The van der Waals surface area contributed by atoms with Gasteiger partial charge in [0.15, 0.2) is 0 Å². The summed E-state index contributed by atoms with van der Waals surface area (Å²) in [6, 6.07) is 1.75. The summed E-state index contributed by atoms with van der Waals surface area (Å²) in [6.07, 6.45) is 19.4. The number of hydrogen-bond acceptors (Lipinski definition) is 1. The molecule has 3 rings (SSSR count). The maximum atomic E-state index is 4.05. The summed E-state index contributed by atoms with van der Waals surface area (Å²) in [5, 5.41) is 4.05. The Bertz CT molecular complexity index is 250. The molecule has 3 aliphatic rings. The molecule has 2 aliphatic carbocycles. The first-order valence-electron chi connectivity index (χ1n) is 8.69. The predicted molar refractivity (Wildman–Crippen MR) is 77.7 cm³/mol. The highest BCUT2D eigenvalue weighted by atomic mass is 15.0. The molecule has 1 N–H and O–H groups in total. The van der Waals surface area contributed by atoms with Crippen molar-refractivity contribution < 1.29 is 0 Å². The summed E-state index contributed by atoms with van der Waals surface area (Å²) in [7, 11) is 0. The lowest BCUT2D eigenvalue weighted by molar-refractivity contribution is 0.113. The van der Waals surface area contributed by atoms with Crippen LogP contribution in [0.1, 0.15) is 83.5 Å². The molecule has 0 radical (unpaired) electrons. The molecule has 1 saturated heterocycles. The van der Waals surface area contributed by atoms with E-state index in [-0.39, 0.29) is 0 Å². The SMILES string of the molecule is C1CCCC2CC(CC1)NC1CCCCCCC21. The van der Waals surface area contributed by atoms with Gasteiger partial charge in [0.2, 0.25) is 0 Å². The Morgan fingerprint density at radius 3 is 2.11 bits per heavy atom. The second-order valence-corrected chi connectivity index (χ2v) is 7.11. The van der Waals surface area contributed by atoms with Crippen LogP contribution in [0.3, 0.4) is 0 Å². The van der Waals surface area contributed by atoms with Crippen molar-refractivity contribution in [2.24, 2.45) is 11.8 Å². The highest BCUT2D eigenvalue weighted by Crippen LogP contribution is 2.39. The first-order valence-corrected chi connectivity index (χ1v) is 8.69. The molecule has 18 heavy (non-hydrogen) atoms. The summed E-state index contributed by atoms with van der Waals surface area (Å²) in [6.45, 7) is 0. The third kappa shape index (κ3) is 3.10. The highest BCUT2D eigenvalue weighted by molar-refractivity contribution is 4.93. The maximum absolute atomic E-state index is 4.05. The molecule has 0 aromatic carbocycles. The van der Waals surface area contributed by atoms with Crippen molar-refractivity contribution in [2.45, 2.75) is 95.6 Å². The predicted octanol–water partition coefficient (Wildman–Crippen LogP) is 4.66. The van der Waals surface area contributed by atoms with E-state index in [1.165, 1.54) is 77.0 Å². The summed E-state index contributed by atoms with van der Waals surface area (Å²) in [4.78, 5) is 0. The van der Waals surface area contributed by atoms with Crippen molar-refractivity contribution in [2.75, 3.05) is 0 Å². The van der Waals surface area contributed by atoms with Crippen LogP contribution in [-0.2, 0) is 0 Å². The zero-order valence-corrected chi connectivity index (χ0v) is 12.0. The lowest BCUT2D eigenvalue weighted by Crippen LogP contribution is -2.51. The molecule has 2 bridgehead atoms. The molecule has 104 valence electrons. The molecule has 1 heteroatoms. The van der Waals surface area contributed by atoms with E-state index in [0.717, 1.165) is 23.9 Å². The van der Waals surface area contributed by atoms with Crippen molar-refractivity contribution in [1.29, 1.82) is 0 Å². The van der Waals surface area contributed by atoms with Crippen molar-refractivity contribution in [3.8, 4) is 0 Å². The lowest BCUT2D eigenvalue weighted by atomic mass is 9.71. The third-order valence-electron chi connectivity index (χ3n) is 5.84. The smallest absolute Gasteiger partial charge is 0.0101 e. The quantitative estimate of drug-likeness (QED) is 0.658. The molecule has 4 atom stereocenters. The molecular formula is C17H31N. The van der Waals surface area contributed by atoms with Gasteiger partial charge in [-0.1, -0.05) is 57.8 Å². The summed E-state index contributed by atoms with van der Waals surface area (Å²) < 4.78 is 0. The van der Waals surface area contributed by atoms with E-state index in [2.05, 4.69) is 5.32 Å². The Morgan fingerprint density at radius 1 is 0.611 bits per heavy atom. The Labute approximate surface area is 113 Å². The minimum Gasteiger partial charge on any atom is -0.311 e. The van der Waals surface area contributed by atoms with Crippen LogP contribution in [0.25, 0.3) is 0 Å². The molecule has 4 unspecified atom stereocenters. The molecule has 1 nitrogen and oxygen atoms in total. The van der Waals surface area contributed by atoms with Gasteiger partial charge in [0.1, 0.15) is 0 Å². The van der Waals surface area contributed by atoms with E-state index < -0.39 is 0 Å². The van der Waals surface area contributed by atoms with Gasteiger partial charge >= 0.3 is 0 Å². The van der Waals surface area contributed by atoms with Gasteiger partial charge in [0.25, 0.3) is 0 Å². The lowest BCUT2D eigenvalue weighted by Gasteiger charge is -2.44. The number of piperidine rings is 1. The van der Waals surface area contributed by atoms with Crippen LogP contribution >= 0.6 is 0 Å². The second-order valence-electron chi connectivity index (χ2n) is 7.11. The van der Waals surface area contributed by atoms with Crippen molar-refractivity contribution >= 4 is 0 Å². The summed E-state index contributed by atoms with van der Waals surface area (Å²) >= 11 is 0. The van der Waals surface area contributed by atoms with Gasteiger partial charge in [-0.15, -0.1) is 0 Å². The number of nitrogens with one attached hydrogen (secondary N) is 1. The Balaban J connectivity index is 1.70. The van der Waals surface area contributed by atoms with Crippen LogP contribution in [0.5, 0.6) is 0 Å². The van der Waals surface area contributed by atoms with Gasteiger partial charge in [0.05, 0.1) is 0 Å². The number of rotatable bonds is 0. The fraction of sp³-hybridized carbons (Fsp3) is 1.00. The van der Waals surface area contributed by atoms with E-state index in [4.69, 9.17) is 0 Å². The van der Waals surface area contributed by atoms with Crippen LogP contribution in [0.4, 0.5) is 0 Å². The first-order chi connectivity index (χ1) is 8.93. The Morgan fingerprint density at radius 2 is 1.28 bits per heavy atom. The van der Waals surface area contributed by atoms with Crippen LogP contribution < -0.4 is 5.32 Å². The second kappa shape index (κ2) is 6.41. The third-order valence-corrected chi connectivity index (χ3v) is 5.84. The van der Waals surface area contributed by atoms with Crippen LogP contribution in [0.15, 0.2) is 0 Å². The largest absolute Gasteiger partial charge is 0.311 e. The molecule has 2 saturated carbocycles. The van der Waals surface area contributed by atoms with E-state index >= 15 is 0 Å². The van der Waals surface area contributed by atoms with Crippen LogP contribution in [0, 0.1) is 11.8 Å². The summed E-state index contributed by atoms with van der Waals surface area (Å²) in [5.41, 5.74) is 0. The van der Waals surface area contributed by atoms with E-state index in [1.807, 2.05) is 0 Å². The van der Waals surface area contributed by atoms with E-state index in [0.29, 0.717) is 0 Å². The monoisotopic (exact) mass is 249 g/mol. The average Bonchev–Trinajstić information content (AvgIpc) is 2.43. The Hall–Kier alpha value is -0.0400. The van der Waals surface area contributed by atoms with Gasteiger partial charge in [0, 0.05) is 12.1 Å².